The third kappa shape index (κ3) is 6.45. The van der Waals surface area contributed by atoms with E-state index >= 15 is 0 Å². The second-order valence-corrected chi connectivity index (χ2v) is 8.02. The third-order valence-electron chi connectivity index (χ3n) is 5.97. The van der Waals surface area contributed by atoms with Crippen LogP contribution in [0.1, 0.15) is 93.1 Å². The lowest BCUT2D eigenvalue weighted by Crippen LogP contribution is -2.18. The molecule has 0 radical (unpaired) electrons. The van der Waals surface area contributed by atoms with Gasteiger partial charge in [0.1, 0.15) is 12.4 Å². The molecule has 0 spiro atoms. The Morgan fingerprint density at radius 1 is 1.07 bits per heavy atom. The molecule has 0 aromatic heterocycles. The zero-order valence-electron chi connectivity index (χ0n) is 17.4. The van der Waals surface area contributed by atoms with Crippen LogP contribution in [-0.2, 0) is 12.9 Å². The molecule has 0 heterocycles. The maximum absolute atomic E-state index is 13.6. The second kappa shape index (κ2) is 11.0. The van der Waals surface area contributed by atoms with Gasteiger partial charge in [0.25, 0.3) is 0 Å². The van der Waals surface area contributed by atoms with Gasteiger partial charge < -0.3 is 4.74 Å². The predicted molar refractivity (Wildman–Crippen MR) is 106 cm³/mol. The van der Waals surface area contributed by atoms with E-state index in [0.29, 0.717) is 12.3 Å². The average molecular weight is 416 g/mol. The van der Waals surface area contributed by atoms with Gasteiger partial charge in [-0.3, -0.25) is 4.79 Å². The minimum Gasteiger partial charge on any atom is -0.493 e. The molecule has 1 aromatic carbocycles. The summed E-state index contributed by atoms with van der Waals surface area (Å²) in [6, 6.07) is 2.40. The van der Waals surface area contributed by atoms with E-state index in [2.05, 4.69) is 6.92 Å². The van der Waals surface area contributed by atoms with Crippen LogP contribution in [0.2, 0.25) is 0 Å². The van der Waals surface area contributed by atoms with Crippen LogP contribution < -0.4 is 4.74 Å². The first-order valence-corrected chi connectivity index (χ1v) is 10.8. The summed E-state index contributed by atoms with van der Waals surface area (Å²) < 4.78 is 59.4. The number of carbonyl (C=O) groups is 1. The highest BCUT2D eigenvalue weighted by Crippen LogP contribution is 2.40. The van der Waals surface area contributed by atoms with Crippen molar-refractivity contribution in [2.75, 3.05) is 6.61 Å². The molecule has 0 amide bonds. The van der Waals surface area contributed by atoms with Crippen LogP contribution in [0, 0.1) is 11.8 Å². The van der Waals surface area contributed by atoms with Crippen molar-refractivity contribution in [2.24, 2.45) is 11.8 Å². The topological polar surface area (TPSA) is 26.3 Å². The lowest BCUT2D eigenvalue weighted by atomic mass is 9.78. The summed E-state index contributed by atoms with van der Waals surface area (Å²) in [7, 11) is 0. The number of hydrogen-bond acceptors (Lipinski definition) is 2. The van der Waals surface area contributed by atoms with Gasteiger partial charge in [-0.15, -0.1) is 0 Å². The Kier molecular flexibility index (Phi) is 8.97. The molecule has 1 fully saturated rings. The Morgan fingerprint density at radius 2 is 1.69 bits per heavy atom. The number of alkyl halides is 4. The highest BCUT2D eigenvalue weighted by Gasteiger charge is 2.39. The van der Waals surface area contributed by atoms with Gasteiger partial charge in [-0.2, -0.15) is 13.2 Å². The molecular formula is C23H32F4O2. The summed E-state index contributed by atoms with van der Waals surface area (Å²) in [6.45, 7) is 2.61. The van der Waals surface area contributed by atoms with E-state index in [4.69, 9.17) is 4.74 Å². The molecule has 0 atom stereocenters. The molecule has 0 N–H and O–H groups in total. The van der Waals surface area contributed by atoms with E-state index in [1.165, 1.54) is 31.7 Å². The van der Waals surface area contributed by atoms with Gasteiger partial charge in [0.2, 0.25) is 0 Å². The fourth-order valence-corrected chi connectivity index (χ4v) is 4.51. The molecule has 2 rings (SSSR count). The molecule has 0 aliphatic heterocycles. The Morgan fingerprint density at radius 3 is 2.21 bits per heavy atom. The lowest BCUT2D eigenvalue weighted by Gasteiger charge is -2.28. The van der Waals surface area contributed by atoms with Gasteiger partial charge >= 0.3 is 6.18 Å². The first-order valence-electron chi connectivity index (χ1n) is 10.8. The molecule has 1 saturated carbocycles. The summed E-state index contributed by atoms with van der Waals surface area (Å²) >= 11 is 0. The van der Waals surface area contributed by atoms with E-state index in [-0.39, 0.29) is 18.8 Å². The Bertz CT molecular complexity index is 662. The van der Waals surface area contributed by atoms with Crippen LogP contribution in [0.5, 0.6) is 5.75 Å². The first-order chi connectivity index (χ1) is 13.8. The summed E-state index contributed by atoms with van der Waals surface area (Å²) in [5, 5.41) is 0. The minimum atomic E-state index is -4.81. The third-order valence-corrected chi connectivity index (χ3v) is 5.97. The molecular weight excluding hydrogens is 384 g/mol. The number of Topliss-reactive ketones (excluding diaryl/α,β-unsaturated/α-hetero) is 1. The fourth-order valence-electron chi connectivity index (χ4n) is 4.51. The number of hydrogen-bond donors (Lipinski definition) is 0. The number of carbonyl (C=O) groups excluding carboxylic acids is 1. The standard InChI is InChI=1S/C23H32F4O2/c1-3-6-16-9-11-17(12-10-16)7-5-8-20(28)18-13-14-21(29-4-2)19(15-24)22(18)23(25,26)27/h13-14,16-17H,3-12,15H2,1-2H3. The van der Waals surface area contributed by atoms with E-state index in [1.54, 1.807) is 6.92 Å². The molecule has 164 valence electrons. The second-order valence-electron chi connectivity index (χ2n) is 8.02. The van der Waals surface area contributed by atoms with Crippen LogP contribution in [0.4, 0.5) is 17.6 Å². The van der Waals surface area contributed by atoms with E-state index in [0.717, 1.165) is 31.2 Å². The molecule has 29 heavy (non-hydrogen) atoms. The van der Waals surface area contributed by atoms with Crippen molar-refractivity contribution >= 4 is 5.78 Å². The molecule has 0 saturated heterocycles. The van der Waals surface area contributed by atoms with Crippen molar-refractivity contribution < 1.29 is 27.1 Å². The minimum absolute atomic E-state index is 0.0532. The van der Waals surface area contributed by atoms with Gasteiger partial charge in [0.05, 0.1) is 12.2 Å². The molecule has 1 aliphatic carbocycles. The Hall–Kier alpha value is -1.59. The first kappa shape index (κ1) is 23.7. The highest BCUT2D eigenvalue weighted by molar-refractivity contribution is 5.98. The smallest absolute Gasteiger partial charge is 0.417 e. The molecule has 1 aromatic rings. The number of ketones is 1. The van der Waals surface area contributed by atoms with Crippen LogP contribution in [0.15, 0.2) is 12.1 Å². The number of halogens is 4. The van der Waals surface area contributed by atoms with Crippen LogP contribution >= 0.6 is 0 Å². The van der Waals surface area contributed by atoms with Gasteiger partial charge in [-0.1, -0.05) is 51.9 Å². The van der Waals surface area contributed by atoms with Crippen molar-refractivity contribution in [2.45, 2.75) is 84.5 Å². The maximum Gasteiger partial charge on any atom is 0.417 e. The van der Waals surface area contributed by atoms with E-state index in [9.17, 15) is 22.4 Å². The molecule has 6 heteroatoms. The maximum atomic E-state index is 13.6. The SMILES string of the molecule is CCCC1CCC(CCCC(=O)c2ccc(OCC)c(CF)c2C(F)(F)F)CC1. The van der Waals surface area contributed by atoms with Crippen molar-refractivity contribution in [1.82, 2.24) is 0 Å². The van der Waals surface area contributed by atoms with Crippen LogP contribution in [-0.4, -0.2) is 12.4 Å². The fraction of sp³-hybridized carbons (Fsp3) is 0.696. The summed E-state index contributed by atoms with van der Waals surface area (Å²) in [6.07, 6.45) is 3.84. The largest absolute Gasteiger partial charge is 0.493 e. The van der Waals surface area contributed by atoms with Gasteiger partial charge in [0.15, 0.2) is 5.78 Å². The summed E-state index contributed by atoms with van der Waals surface area (Å²) in [5.41, 5.74) is -2.21. The van der Waals surface area contributed by atoms with Crippen LogP contribution in [0.3, 0.4) is 0 Å². The quantitative estimate of drug-likeness (QED) is 0.291. The van der Waals surface area contributed by atoms with Crippen molar-refractivity contribution in [3.8, 4) is 5.75 Å². The molecule has 0 bridgehead atoms. The normalized spacial score (nSPS) is 19.9. The van der Waals surface area contributed by atoms with Crippen molar-refractivity contribution in [3.05, 3.63) is 28.8 Å². The number of benzene rings is 1. The van der Waals surface area contributed by atoms with Crippen LogP contribution in [0.25, 0.3) is 0 Å². The highest BCUT2D eigenvalue weighted by atomic mass is 19.4. The zero-order valence-corrected chi connectivity index (χ0v) is 17.4. The monoisotopic (exact) mass is 416 g/mol. The van der Waals surface area contributed by atoms with Gasteiger partial charge in [-0.05, 0) is 37.3 Å². The van der Waals surface area contributed by atoms with Crippen molar-refractivity contribution in [1.29, 1.82) is 0 Å². The molecule has 1 aliphatic rings. The van der Waals surface area contributed by atoms with E-state index in [1.807, 2.05) is 0 Å². The Labute approximate surface area is 171 Å². The molecule has 2 nitrogen and oxygen atoms in total. The van der Waals surface area contributed by atoms with Gasteiger partial charge in [-0.25, -0.2) is 4.39 Å². The predicted octanol–water partition coefficient (Wildman–Crippen LogP) is 7.53. The number of ether oxygens (including phenoxy) is 1. The average Bonchev–Trinajstić information content (AvgIpc) is 2.68. The molecule has 0 unspecified atom stereocenters. The van der Waals surface area contributed by atoms with Crippen molar-refractivity contribution in [3.63, 3.8) is 0 Å². The Balaban J connectivity index is 2.03. The summed E-state index contributed by atoms with van der Waals surface area (Å²) in [5.74, 6) is 0.632. The lowest BCUT2D eigenvalue weighted by molar-refractivity contribution is -0.138. The summed E-state index contributed by atoms with van der Waals surface area (Å²) in [4.78, 5) is 12.6. The zero-order chi connectivity index (χ0) is 21.4. The number of rotatable bonds is 10. The van der Waals surface area contributed by atoms with E-state index < -0.39 is 35.3 Å². The van der Waals surface area contributed by atoms with Gasteiger partial charge in [0, 0.05) is 17.5 Å².